The molecule has 1 aromatic heterocycles. The molecule has 3 aromatic rings. The Morgan fingerprint density at radius 2 is 1.74 bits per heavy atom. The average molecular weight is 483 g/mol. The number of rotatable bonds is 10. The number of hydrogen-bond acceptors (Lipinski definition) is 3. The van der Waals surface area contributed by atoms with Gasteiger partial charge in [-0.05, 0) is 86.8 Å². The van der Waals surface area contributed by atoms with Crippen LogP contribution in [0, 0.1) is 11.6 Å². The second-order valence-corrected chi connectivity index (χ2v) is 11.2. The highest BCUT2D eigenvalue weighted by atomic mass is 19.1. The van der Waals surface area contributed by atoms with Crippen LogP contribution < -0.4 is 0 Å². The molecule has 0 unspecified atom stereocenters. The van der Waals surface area contributed by atoms with Crippen molar-refractivity contribution in [2.45, 2.75) is 96.1 Å². The second-order valence-electron chi connectivity index (χ2n) is 11.2. The van der Waals surface area contributed by atoms with E-state index in [0.29, 0.717) is 36.4 Å². The summed E-state index contributed by atoms with van der Waals surface area (Å²) < 4.78 is 30.3. The maximum absolute atomic E-state index is 14.9. The molecule has 0 bridgehead atoms. The summed E-state index contributed by atoms with van der Waals surface area (Å²) in [4.78, 5) is 17.3. The first kappa shape index (κ1) is 25.5. The summed E-state index contributed by atoms with van der Waals surface area (Å²) in [7, 11) is 0. The van der Waals surface area contributed by atoms with Crippen molar-refractivity contribution in [3.05, 3.63) is 65.0 Å². The molecule has 0 aliphatic heterocycles. The van der Waals surface area contributed by atoms with Gasteiger partial charge in [-0.2, -0.15) is 0 Å². The molecular weight excluding hydrogens is 446 g/mol. The van der Waals surface area contributed by atoms with Gasteiger partial charge in [-0.1, -0.05) is 26.0 Å². The van der Waals surface area contributed by atoms with E-state index < -0.39 is 11.4 Å². The zero-order valence-corrected chi connectivity index (χ0v) is 21.2. The molecule has 1 aliphatic rings. The summed E-state index contributed by atoms with van der Waals surface area (Å²) in [6.07, 6.45) is 6.33. The summed E-state index contributed by atoms with van der Waals surface area (Å²) in [5.41, 5.74) is 1.12. The van der Waals surface area contributed by atoms with Gasteiger partial charge in [0.1, 0.15) is 22.9 Å². The van der Waals surface area contributed by atoms with Gasteiger partial charge in [0, 0.05) is 25.3 Å². The van der Waals surface area contributed by atoms with Gasteiger partial charge in [0.25, 0.3) is 0 Å². The molecule has 1 aliphatic carbocycles. The maximum Gasteiger partial charge on any atom is 0.151 e. The lowest BCUT2D eigenvalue weighted by Gasteiger charge is -2.29. The van der Waals surface area contributed by atoms with E-state index in [2.05, 4.69) is 9.55 Å². The molecule has 4 rings (SSSR count). The number of benzene rings is 2. The van der Waals surface area contributed by atoms with Gasteiger partial charge in [0.05, 0.1) is 11.1 Å². The van der Waals surface area contributed by atoms with Crippen LogP contribution >= 0.6 is 0 Å². The maximum atomic E-state index is 14.9. The molecule has 1 saturated carbocycles. The smallest absolute Gasteiger partial charge is 0.151 e. The van der Waals surface area contributed by atoms with E-state index in [4.69, 9.17) is 0 Å². The van der Waals surface area contributed by atoms with E-state index in [1.54, 1.807) is 26.0 Å². The number of imidazole rings is 1. The summed E-state index contributed by atoms with van der Waals surface area (Å²) in [6.45, 7) is 7.34. The molecule has 0 amide bonds. The van der Waals surface area contributed by atoms with Crippen LogP contribution in [0.1, 0.15) is 95.6 Å². The molecular formula is C29H36F2N2O2. The molecule has 188 valence electrons. The van der Waals surface area contributed by atoms with Crippen LogP contribution in [0.3, 0.4) is 0 Å². The monoisotopic (exact) mass is 482 g/mol. The van der Waals surface area contributed by atoms with Crippen molar-refractivity contribution >= 4 is 16.8 Å². The molecule has 1 N–H and O–H groups in total. The minimum atomic E-state index is -1.13. The number of unbranched alkanes of at least 4 members (excludes halogenated alkanes) is 1. The zero-order chi connectivity index (χ0) is 25.4. The number of aromatic nitrogens is 2. The Labute approximate surface area is 206 Å². The predicted molar refractivity (Wildman–Crippen MR) is 134 cm³/mol. The number of Topliss-reactive ketones (excluding diaryl/α,β-unsaturated/α-hetero) is 1. The van der Waals surface area contributed by atoms with Crippen LogP contribution in [-0.2, 0) is 22.2 Å². The average Bonchev–Trinajstić information content (AvgIpc) is 3.08. The van der Waals surface area contributed by atoms with Gasteiger partial charge in [-0.15, -0.1) is 0 Å². The normalized spacial score (nSPS) is 14.9. The Morgan fingerprint density at radius 3 is 2.34 bits per heavy atom. The fourth-order valence-electron chi connectivity index (χ4n) is 4.97. The Kier molecular flexibility index (Phi) is 7.14. The fourth-order valence-corrected chi connectivity index (χ4v) is 4.97. The number of nitrogens with zero attached hydrogens (tertiary/aromatic N) is 2. The fraction of sp³-hybridized carbons (Fsp3) is 0.517. The van der Waals surface area contributed by atoms with Crippen molar-refractivity contribution in [3.63, 3.8) is 0 Å². The molecule has 0 saturated heterocycles. The van der Waals surface area contributed by atoms with Crippen molar-refractivity contribution in [2.24, 2.45) is 0 Å². The quantitative estimate of drug-likeness (QED) is 0.319. The van der Waals surface area contributed by atoms with Crippen molar-refractivity contribution in [3.8, 4) is 0 Å². The number of halogens is 2. The van der Waals surface area contributed by atoms with Gasteiger partial charge >= 0.3 is 0 Å². The van der Waals surface area contributed by atoms with Crippen LogP contribution in [0.5, 0.6) is 0 Å². The number of aliphatic hydroxyl groups is 1. The van der Waals surface area contributed by atoms with Crippen molar-refractivity contribution in [1.29, 1.82) is 0 Å². The summed E-state index contributed by atoms with van der Waals surface area (Å²) in [6, 6.07) is 9.92. The van der Waals surface area contributed by atoms with Crippen molar-refractivity contribution in [2.75, 3.05) is 0 Å². The van der Waals surface area contributed by atoms with Crippen LogP contribution in [0.15, 0.2) is 36.4 Å². The highest BCUT2D eigenvalue weighted by Gasteiger charge is 2.28. The van der Waals surface area contributed by atoms with E-state index >= 15 is 0 Å². The number of fused-ring (bicyclic) bond motifs is 1. The summed E-state index contributed by atoms with van der Waals surface area (Å²) >= 11 is 0. The molecule has 1 fully saturated rings. The predicted octanol–water partition coefficient (Wildman–Crippen LogP) is 6.92. The first-order valence-electron chi connectivity index (χ1n) is 12.7. The number of ketones is 1. The third kappa shape index (κ3) is 5.64. The van der Waals surface area contributed by atoms with Crippen LogP contribution in [0.2, 0.25) is 0 Å². The Bertz CT molecular complexity index is 1200. The molecule has 0 atom stereocenters. The Balaban J connectivity index is 1.42. The molecule has 0 radical (unpaired) electrons. The summed E-state index contributed by atoms with van der Waals surface area (Å²) in [5, 5.41) is 10.4. The highest BCUT2D eigenvalue weighted by Crippen LogP contribution is 2.38. The van der Waals surface area contributed by atoms with E-state index in [-0.39, 0.29) is 17.0 Å². The lowest BCUT2D eigenvalue weighted by atomic mass is 9.79. The van der Waals surface area contributed by atoms with Gasteiger partial charge in [-0.25, -0.2) is 13.8 Å². The third-order valence-corrected chi connectivity index (χ3v) is 7.34. The van der Waals surface area contributed by atoms with Crippen LogP contribution in [0.4, 0.5) is 8.78 Å². The number of hydrogen-bond donors (Lipinski definition) is 1. The van der Waals surface area contributed by atoms with E-state index in [9.17, 15) is 18.7 Å². The SMILES string of the molecule is CC(C)(O)c1cc(F)c2nc(CCCCC(=O)CC(C)(C)c3ccc(F)cc3)n(C3CCC3)c2c1. The molecule has 0 spiro atoms. The molecule has 6 heteroatoms. The first-order chi connectivity index (χ1) is 16.5. The third-order valence-electron chi connectivity index (χ3n) is 7.34. The lowest BCUT2D eigenvalue weighted by molar-refractivity contribution is -0.120. The topological polar surface area (TPSA) is 55.1 Å². The number of aryl methyl sites for hydroxylation is 1. The standard InChI is InChI=1S/C29H36F2N2O2/c1-28(2,19-12-14-21(30)15-13-19)18-23(34)10-5-6-11-26-32-27-24(31)16-20(29(3,4)35)17-25(27)33(26)22-8-7-9-22/h12-17,22,35H,5-11,18H2,1-4H3. The summed E-state index contributed by atoms with van der Waals surface area (Å²) in [5.74, 6) is 0.361. The lowest BCUT2D eigenvalue weighted by Crippen LogP contribution is -2.22. The zero-order valence-electron chi connectivity index (χ0n) is 21.2. The largest absolute Gasteiger partial charge is 0.386 e. The van der Waals surface area contributed by atoms with Gasteiger partial charge in [0.15, 0.2) is 5.82 Å². The van der Waals surface area contributed by atoms with E-state index in [0.717, 1.165) is 49.0 Å². The highest BCUT2D eigenvalue weighted by molar-refractivity contribution is 5.80. The van der Waals surface area contributed by atoms with Crippen LogP contribution in [0.25, 0.3) is 11.0 Å². The molecule has 1 heterocycles. The number of carbonyl (C=O) groups is 1. The number of carbonyl (C=O) groups excluding carboxylic acids is 1. The molecule has 35 heavy (non-hydrogen) atoms. The minimum Gasteiger partial charge on any atom is -0.386 e. The Morgan fingerprint density at radius 1 is 1.06 bits per heavy atom. The van der Waals surface area contributed by atoms with Gasteiger partial charge in [0.2, 0.25) is 0 Å². The van der Waals surface area contributed by atoms with Crippen molar-refractivity contribution < 1.29 is 18.7 Å². The van der Waals surface area contributed by atoms with Crippen LogP contribution in [-0.4, -0.2) is 20.4 Å². The van der Waals surface area contributed by atoms with E-state index in [1.807, 2.05) is 19.9 Å². The second kappa shape index (κ2) is 9.81. The minimum absolute atomic E-state index is 0.188. The van der Waals surface area contributed by atoms with E-state index in [1.165, 1.54) is 18.2 Å². The first-order valence-corrected chi connectivity index (χ1v) is 12.7. The van der Waals surface area contributed by atoms with Gasteiger partial charge in [-0.3, -0.25) is 4.79 Å². The molecule has 4 nitrogen and oxygen atoms in total. The molecule has 2 aromatic carbocycles. The van der Waals surface area contributed by atoms with Gasteiger partial charge < -0.3 is 9.67 Å². The van der Waals surface area contributed by atoms with Crippen molar-refractivity contribution in [1.82, 2.24) is 9.55 Å². The Hall–Kier alpha value is -2.60.